The van der Waals surface area contributed by atoms with Gasteiger partial charge in [0.15, 0.2) is 0 Å². The second kappa shape index (κ2) is 4.31. The Morgan fingerprint density at radius 1 is 1.31 bits per heavy atom. The molecule has 0 aliphatic heterocycles. The SMILES string of the molecule is O=C(O)CCC1(NC(=O)C(F)(F)F)CCC1. The molecule has 0 spiro atoms. The molecule has 1 fully saturated rings. The van der Waals surface area contributed by atoms with Crippen molar-refractivity contribution in [3.8, 4) is 0 Å². The van der Waals surface area contributed by atoms with Crippen LogP contribution in [0.4, 0.5) is 13.2 Å². The molecule has 0 bridgehead atoms. The third-order valence-electron chi connectivity index (χ3n) is 2.76. The fraction of sp³-hybridized carbons (Fsp3) is 0.778. The maximum Gasteiger partial charge on any atom is 0.471 e. The molecule has 0 atom stereocenters. The van der Waals surface area contributed by atoms with Crippen molar-refractivity contribution < 1.29 is 27.9 Å². The smallest absolute Gasteiger partial charge is 0.471 e. The van der Waals surface area contributed by atoms with Crippen LogP contribution < -0.4 is 5.32 Å². The Kier molecular flexibility index (Phi) is 3.44. The summed E-state index contributed by atoms with van der Waals surface area (Å²) in [7, 11) is 0. The van der Waals surface area contributed by atoms with Crippen LogP contribution in [0.15, 0.2) is 0 Å². The maximum absolute atomic E-state index is 12.0. The summed E-state index contributed by atoms with van der Waals surface area (Å²) in [6, 6.07) is 0. The predicted octanol–water partition coefficient (Wildman–Crippen LogP) is 1.45. The van der Waals surface area contributed by atoms with Crippen LogP contribution in [-0.2, 0) is 9.59 Å². The van der Waals surface area contributed by atoms with Gasteiger partial charge in [0.25, 0.3) is 0 Å². The van der Waals surface area contributed by atoms with Crippen LogP contribution in [0.3, 0.4) is 0 Å². The summed E-state index contributed by atoms with van der Waals surface area (Å²) in [5, 5.41) is 10.4. The monoisotopic (exact) mass is 239 g/mol. The first-order chi connectivity index (χ1) is 7.25. The highest BCUT2D eigenvalue weighted by molar-refractivity contribution is 5.82. The lowest BCUT2D eigenvalue weighted by atomic mass is 9.73. The number of rotatable bonds is 4. The van der Waals surface area contributed by atoms with Crippen molar-refractivity contribution in [2.75, 3.05) is 0 Å². The molecule has 0 unspecified atom stereocenters. The Morgan fingerprint density at radius 3 is 2.19 bits per heavy atom. The molecule has 4 nitrogen and oxygen atoms in total. The van der Waals surface area contributed by atoms with Gasteiger partial charge in [0, 0.05) is 12.0 Å². The minimum atomic E-state index is -4.91. The van der Waals surface area contributed by atoms with Crippen molar-refractivity contribution >= 4 is 11.9 Å². The zero-order valence-corrected chi connectivity index (χ0v) is 8.43. The van der Waals surface area contributed by atoms with E-state index in [0.29, 0.717) is 19.3 Å². The lowest BCUT2D eigenvalue weighted by molar-refractivity contribution is -0.177. The lowest BCUT2D eigenvalue weighted by Gasteiger charge is -2.42. The Morgan fingerprint density at radius 2 is 1.88 bits per heavy atom. The van der Waals surface area contributed by atoms with E-state index in [9.17, 15) is 22.8 Å². The van der Waals surface area contributed by atoms with Gasteiger partial charge in [0.05, 0.1) is 0 Å². The normalized spacial score (nSPS) is 18.7. The number of alkyl halides is 3. The van der Waals surface area contributed by atoms with Gasteiger partial charge in [-0.05, 0) is 25.7 Å². The standard InChI is InChI=1S/C9H12F3NO3/c10-9(11,12)7(16)13-8(3-1-4-8)5-2-6(14)15/h1-5H2,(H,13,16)(H,14,15). The van der Waals surface area contributed by atoms with E-state index in [1.807, 2.05) is 5.32 Å². The molecule has 0 saturated heterocycles. The number of carbonyl (C=O) groups excluding carboxylic acids is 1. The third kappa shape index (κ3) is 3.11. The van der Waals surface area contributed by atoms with E-state index in [-0.39, 0.29) is 12.8 Å². The number of aliphatic carboxylic acids is 1. The first kappa shape index (κ1) is 12.8. The lowest BCUT2D eigenvalue weighted by Crippen LogP contribution is -2.56. The van der Waals surface area contributed by atoms with Crippen LogP contribution in [0.5, 0.6) is 0 Å². The molecule has 1 aliphatic rings. The molecule has 0 aromatic rings. The predicted molar refractivity (Wildman–Crippen MR) is 47.6 cm³/mol. The van der Waals surface area contributed by atoms with Gasteiger partial charge < -0.3 is 10.4 Å². The van der Waals surface area contributed by atoms with Crippen LogP contribution in [0.2, 0.25) is 0 Å². The number of hydrogen-bond donors (Lipinski definition) is 2. The van der Waals surface area contributed by atoms with Gasteiger partial charge in [0.2, 0.25) is 0 Å². The van der Waals surface area contributed by atoms with Crippen molar-refractivity contribution in [2.45, 2.75) is 43.8 Å². The number of carboxylic acid groups (broad SMARTS) is 1. The molecule has 92 valence electrons. The highest BCUT2D eigenvalue weighted by Gasteiger charge is 2.46. The molecule has 16 heavy (non-hydrogen) atoms. The summed E-state index contributed by atoms with van der Waals surface area (Å²) in [6.45, 7) is 0. The van der Waals surface area contributed by atoms with Crippen LogP contribution >= 0.6 is 0 Å². The second-order valence-corrected chi connectivity index (χ2v) is 3.98. The molecule has 0 radical (unpaired) electrons. The number of carboxylic acids is 1. The third-order valence-corrected chi connectivity index (χ3v) is 2.76. The van der Waals surface area contributed by atoms with Gasteiger partial charge in [-0.2, -0.15) is 13.2 Å². The summed E-state index contributed by atoms with van der Waals surface area (Å²) in [6.07, 6.45) is -3.59. The van der Waals surface area contributed by atoms with Gasteiger partial charge in [-0.1, -0.05) is 0 Å². The zero-order chi connectivity index (χ0) is 12.4. The molecule has 0 aromatic heterocycles. The van der Waals surface area contributed by atoms with E-state index in [1.54, 1.807) is 0 Å². The largest absolute Gasteiger partial charge is 0.481 e. The fourth-order valence-electron chi connectivity index (χ4n) is 1.70. The number of halogens is 3. The van der Waals surface area contributed by atoms with Crippen LogP contribution in [0, 0.1) is 0 Å². The van der Waals surface area contributed by atoms with Gasteiger partial charge in [-0.3, -0.25) is 9.59 Å². The molecular weight excluding hydrogens is 227 g/mol. The van der Waals surface area contributed by atoms with E-state index in [2.05, 4.69) is 0 Å². The number of carbonyl (C=O) groups is 2. The molecule has 0 heterocycles. The van der Waals surface area contributed by atoms with Gasteiger partial charge >= 0.3 is 18.1 Å². The summed E-state index contributed by atoms with van der Waals surface area (Å²) >= 11 is 0. The van der Waals surface area contributed by atoms with Crippen molar-refractivity contribution in [3.63, 3.8) is 0 Å². The first-order valence-electron chi connectivity index (χ1n) is 4.86. The highest BCUT2D eigenvalue weighted by atomic mass is 19.4. The van der Waals surface area contributed by atoms with Crippen LogP contribution in [-0.4, -0.2) is 28.7 Å². The van der Waals surface area contributed by atoms with Crippen LogP contribution in [0.25, 0.3) is 0 Å². The Balaban J connectivity index is 2.54. The van der Waals surface area contributed by atoms with Crippen molar-refractivity contribution in [1.82, 2.24) is 5.32 Å². The summed E-state index contributed by atoms with van der Waals surface area (Å²) < 4.78 is 36.0. The number of nitrogens with one attached hydrogen (secondary N) is 1. The summed E-state index contributed by atoms with van der Waals surface area (Å²) in [5.74, 6) is -3.06. The van der Waals surface area contributed by atoms with Crippen molar-refractivity contribution in [1.29, 1.82) is 0 Å². The van der Waals surface area contributed by atoms with Gasteiger partial charge in [0.1, 0.15) is 0 Å². The van der Waals surface area contributed by atoms with E-state index in [4.69, 9.17) is 5.11 Å². The Labute approximate surface area is 89.8 Å². The van der Waals surface area contributed by atoms with E-state index in [1.165, 1.54) is 0 Å². The Hall–Kier alpha value is -1.27. The van der Waals surface area contributed by atoms with Gasteiger partial charge in [-0.25, -0.2) is 0 Å². The average Bonchev–Trinajstić information content (AvgIpc) is 2.07. The average molecular weight is 239 g/mol. The zero-order valence-electron chi connectivity index (χ0n) is 8.43. The minimum absolute atomic E-state index is 0.0458. The number of amides is 1. The summed E-state index contributed by atoms with van der Waals surface area (Å²) in [5.41, 5.74) is -0.967. The molecule has 2 N–H and O–H groups in total. The maximum atomic E-state index is 12.0. The number of hydrogen-bond acceptors (Lipinski definition) is 2. The molecule has 1 saturated carbocycles. The Bertz CT molecular complexity index is 297. The van der Waals surface area contributed by atoms with E-state index in [0.717, 1.165) is 0 Å². The quantitative estimate of drug-likeness (QED) is 0.780. The second-order valence-electron chi connectivity index (χ2n) is 3.98. The highest BCUT2D eigenvalue weighted by Crippen LogP contribution is 2.36. The van der Waals surface area contributed by atoms with Crippen LogP contribution in [0.1, 0.15) is 32.1 Å². The fourth-order valence-corrected chi connectivity index (χ4v) is 1.70. The van der Waals surface area contributed by atoms with E-state index >= 15 is 0 Å². The summed E-state index contributed by atoms with van der Waals surface area (Å²) in [4.78, 5) is 21.1. The van der Waals surface area contributed by atoms with Crippen molar-refractivity contribution in [2.24, 2.45) is 0 Å². The molecule has 1 amide bonds. The first-order valence-corrected chi connectivity index (χ1v) is 4.86. The molecular formula is C9H12F3NO3. The molecule has 7 heteroatoms. The van der Waals surface area contributed by atoms with Crippen molar-refractivity contribution in [3.05, 3.63) is 0 Å². The molecule has 1 aliphatic carbocycles. The topological polar surface area (TPSA) is 66.4 Å². The minimum Gasteiger partial charge on any atom is -0.481 e. The van der Waals surface area contributed by atoms with E-state index < -0.39 is 23.6 Å². The van der Waals surface area contributed by atoms with Gasteiger partial charge in [-0.15, -0.1) is 0 Å². The molecule has 0 aromatic carbocycles. The molecule has 1 rings (SSSR count).